The highest BCUT2D eigenvalue weighted by Crippen LogP contribution is 2.21. The summed E-state index contributed by atoms with van der Waals surface area (Å²) in [4.78, 5) is 3.94. The maximum absolute atomic E-state index is 13.0. The van der Waals surface area contributed by atoms with E-state index in [1.165, 1.54) is 18.2 Å². The molecule has 1 heterocycles. The Kier molecular flexibility index (Phi) is 3.56. The summed E-state index contributed by atoms with van der Waals surface area (Å²) >= 11 is 0. The first-order chi connectivity index (χ1) is 9.10. The lowest BCUT2D eigenvalue weighted by molar-refractivity contribution is 0.318. The highest BCUT2D eigenvalue weighted by atomic mass is 19.2. The van der Waals surface area contributed by atoms with Crippen LogP contribution in [0, 0.1) is 11.6 Å². The molecule has 0 aliphatic carbocycles. The first-order valence-corrected chi connectivity index (χ1v) is 5.18. The van der Waals surface area contributed by atoms with Gasteiger partial charge in [0.15, 0.2) is 17.5 Å². The number of amidine groups is 1. The van der Waals surface area contributed by atoms with Crippen molar-refractivity contribution in [1.82, 2.24) is 4.98 Å². The van der Waals surface area contributed by atoms with Crippen LogP contribution in [0.5, 0.6) is 11.6 Å². The summed E-state index contributed by atoms with van der Waals surface area (Å²) in [6, 6.07) is 7.67. The molecule has 0 radical (unpaired) electrons. The summed E-state index contributed by atoms with van der Waals surface area (Å²) in [5.41, 5.74) is 5.57. The van der Waals surface area contributed by atoms with Gasteiger partial charge in [0.25, 0.3) is 0 Å². The molecule has 7 heteroatoms. The van der Waals surface area contributed by atoms with E-state index >= 15 is 0 Å². The van der Waals surface area contributed by atoms with Crippen molar-refractivity contribution in [3.05, 3.63) is 53.7 Å². The molecule has 0 aliphatic rings. The van der Waals surface area contributed by atoms with Crippen LogP contribution in [0.4, 0.5) is 8.78 Å². The van der Waals surface area contributed by atoms with Crippen LogP contribution in [0.3, 0.4) is 0 Å². The summed E-state index contributed by atoms with van der Waals surface area (Å²) in [6.45, 7) is 0. The molecular weight excluding hydrogens is 256 g/mol. The van der Waals surface area contributed by atoms with Gasteiger partial charge in [-0.2, -0.15) is 0 Å². The van der Waals surface area contributed by atoms with E-state index in [0.29, 0.717) is 0 Å². The molecule has 2 aromatic rings. The van der Waals surface area contributed by atoms with Crippen LogP contribution >= 0.6 is 0 Å². The van der Waals surface area contributed by atoms with E-state index in [1.54, 1.807) is 6.07 Å². The Labute approximate surface area is 107 Å². The van der Waals surface area contributed by atoms with E-state index in [0.717, 1.165) is 12.1 Å². The molecule has 3 N–H and O–H groups in total. The standard InChI is InChI=1S/C12H9F2N3O2/c13-8-5-4-7(6-9(8)14)19-11-3-1-2-10(16-11)12(15)17-18/h1-6,18H,(H2,15,17). The minimum Gasteiger partial charge on any atom is -0.439 e. The fourth-order valence-corrected chi connectivity index (χ4v) is 1.33. The van der Waals surface area contributed by atoms with Crippen molar-refractivity contribution in [3.63, 3.8) is 0 Å². The van der Waals surface area contributed by atoms with Crippen LogP contribution in [0.2, 0.25) is 0 Å². The molecule has 1 aromatic heterocycles. The van der Waals surface area contributed by atoms with Crippen LogP contribution in [0.15, 0.2) is 41.6 Å². The number of oxime groups is 1. The Morgan fingerprint density at radius 3 is 2.68 bits per heavy atom. The van der Waals surface area contributed by atoms with E-state index in [9.17, 15) is 8.78 Å². The van der Waals surface area contributed by atoms with Gasteiger partial charge in [-0.1, -0.05) is 11.2 Å². The molecule has 0 saturated carbocycles. The van der Waals surface area contributed by atoms with Gasteiger partial charge >= 0.3 is 0 Å². The Hall–Kier alpha value is -2.70. The van der Waals surface area contributed by atoms with Crippen LogP contribution < -0.4 is 10.5 Å². The average Bonchev–Trinajstić information content (AvgIpc) is 2.42. The van der Waals surface area contributed by atoms with Gasteiger partial charge in [-0.05, 0) is 18.2 Å². The second-order valence-corrected chi connectivity index (χ2v) is 3.52. The molecule has 0 bridgehead atoms. The van der Waals surface area contributed by atoms with E-state index in [-0.39, 0.29) is 23.2 Å². The third-order valence-corrected chi connectivity index (χ3v) is 2.21. The van der Waals surface area contributed by atoms with Gasteiger partial charge in [-0.25, -0.2) is 13.8 Å². The molecule has 0 spiro atoms. The summed E-state index contributed by atoms with van der Waals surface area (Å²) < 4.78 is 31.0. The lowest BCUT2D eigenvalue weighted by Gasteiger charge is -2.06. The van der Waals surface area contributed by atoms with Gasteiger partial charge in [0, 0.05) is 12.1 Å². The minimum atomic E-state index is -1.02. The molecule has 1 aromatic carbocycles. The smallest absolute Gasteiger partial charge is 0.219 e. The number of nitrogens with two attached hydrogens (primary N) is 1. The lowest BCUT2D eigenvalue weighted by atomic mass is 10.3. The van der Waals surface area contributed by atoms with E-state index < -0.39 is 11.6 Å². The zero-order chi connectivity index (χ0) is 13.8. The predicted molar refractivity (Wildman–Crippen MR) is 63.2 cm³/mol. The molecule has 19 heavy (non-hydrogen) atoms. The highest BCUT2D eigenvalue weighted by molar-refractivity contribution is 5.95. The zero-order valence-electron chi connectivity index (χ0n) is 9.55. The molecule has 0 saturated heterocycles. The first kappa shape index (κ1) is 12.7. The predicted octanol–water partition coefficient (Wildman–Crippen LogP) is 2.25. The summed E-state index contributed by atoms with van der Waals surface area (Å²) in [6.07, 6.45) is 0. The van der Waals surface area contributed by atoms with Crippen LogP contribution in [-0.4, -0.2) is 16.0 Å². The topological polar surface area (TPSA) is 80.7 Å². The van der Waals surface area contributed by atoms with Gasteiger partial charge in [0.1, 0.15) is 11.4 Å². The van der Waals surface area contributed by atoms with Crippen LogP contribution in [-0.2, 0) is 0 Å². The van der Waals surface area contributed by atoms with Crippen molar-refractivity contribution in [2.75, 3.05) is 0 Å². The van der Waals surface area contributed by atoms with Crippen molar-refractivity contribution in [2.24, 2.45) is 10.9 Å². The average molecular weight is 265 g/mol. The molecule has 0 atom stereocenters. The van der Waals surface area contributed by atoms with Gasteiger partial charge in [0.2, 0.25) is 5.88 Å². The Balaban J connectivity index is 2.26. The zero-order valence-corrected chi connectivity index (χ0v) is 9.55. The maximum Gasteiger partial charge on any atom is 0.219 e. The third kappa shape index (κ3) is 2.95. The van der Waals surface area contributed by atoms with E-state index in [1.807, 2.05) is 0 Å². The third-order valence-electron chi connectivity index (χ3n) is 2.21. The number of pyridine rings is 1. The highest BCUT2D eigenvalue weighted by Gasteiger charge is 2.07. The summed E-state index contributed by atoms with van der Waals surface area (Å²) in [7, 11) is 0. The maximum atomic E-state index is 13.0. The first-order valence-electron chi connectivity index (χ1n) is 5.18. The lowest BCUT2D eigenvalue weighted by Crippen LogP contribution is -2.14. The Morgan fingerprint density at radius 1 is 1.21 bits per heavy atom. The molecule has 98 valence electrons. The number of nitrogens with zero attached hydrogens (tertiary/aromatic N) is 2. The Morgan fingerprint density at radius 2 is 2.00 bits per heavy atom. The quantitative estimate of drug-likeness (QED) is 0.386. The van der Waals surface area contributed by atoms with Crippen molar-refractivity contribution in [2.45, 2.75) is 0 Å². The normalized spacial score (nSPS) is 11.4. The monoisotopic (exact) mass is 265 g/mol. The number of hydrogen-bond donors (Lipinski definition) is 2. The largest absolute Gasteiger partial charge is 0.439 e. The molecule has 0 fully saturated rings. The SMILES string of the molecule is NC(=NO)c1cccc(Oc2ccc(F)c(F)c2)n1. The van der Waals surface area contributed by atoms with Gasteiger partial charge < -0.3 is 15.7 Å². The number of rotatable bonds is 3. The molecular formula is C12H9F2N3O2. The molecule has 0 amide bonds. The second kappa shape index (κ2) is 5.30. The van der Waals surface area contributed by atoms with Crippen LogP contribution in [0.1, 0.15) is 5.69 Å². The van der Waals surface area contributed by atoms with E-state index in [4.69, 9.17) is 15.7 Å². The molecule has 5 nitrogen and oxygen atoms in total. The van der Waals surface area contributed by atoms with Gasteiger partial charge in [0.05, 0.1) is 0 Å². The number of hydrogen-bond acceptors (Lipinski definition) is 4. The number of ether oxygens (including phenoxy) is 1. The number of aromatic nitrogens is 1. The Bertz CT molecular complexity index is 632. The van der Waals surface area contributed by atoms with Gasteiger partial charge in [-0.15, -0.1) is 0 Å². The van der Waals surface area contributed by atoms with Gasteiger partial charge in [-0.3, -0.25) is 0 Å². The van der Waals surface area contributed by atoms with Crippen molar-refractivity contribution >= 4 is 5.84 Å². The van der Waals surface area contributed by atoms with Crippen LogP contribution in [0.25, 0.3) is 0 Å². The van der Waals surface area contributed by atoms with Crippen molar-refractivity contribution in [3.8, 4) is 11.6 Å². The van der Waals surface area contributed by atoms with Crippen molar-refractivity contribution in [1.29, 1.82) is 0 Å². The fourth-order valence-electron chi connectivity index (χ4n) is 1.33. The van der Waals surface area contributed by atoms with E-state index in [2.05, 4.69) is 10.1 Å². The fraction of sp³-hybridized carbons (Fsp3) is 0. The number of halogens is 2. The minimum absolute atomic E-state index is 0.0862. The van der Waals surface area contributed by atoms with Crippen molar-refractivity contribution < 1.29 is 18.7 Å². The molecule has 0 aliphatic heterocycles. The summed E-state index contributed by atoms with van der Waals surface area (Å²) in [5, 5.41) is 11.3. The number of benzene rings is 1. The second-order valence-electron chi connectivity index (χ2n) is 3.52. The molecule has 0 unspecified atom stereocenters. The summed E-state index contributed by atoms with van der Waals surface area (Å²) in [5.74, 6) is -1.98. The molecule has 2 rings (SSSR count).